The fourth-order valence-electron chi connectivity index (χ4n) is 1.62. The number of halogens is 3. The van der Waals surface area contributed by atoms with Crippen molar-refractivity contribution in [2.45, 2.75) is 19.9 Å². The fourth-order valence-corrected chi connectivity index (χ4v) is 1.95. The molecule has 6 heteroatoms. The molecule has 0 spiro atoms. The minimum atomic E-state index is 0. The Morgan fingerprint density at radius 3 is 2.53 bits per heavy atom. The summed E-state index contributed by atoms with van der Waals surface area (Å²) in [6.45, 7) is 3.91. The lowest BCUT2D eigenvalue weighted by Crippen LogP contribution is -2.32. The summed E-state index contributed by atoms with van der Waals surface area (Å²) >= 11 is 11.8. The van der Waals surface area contributed by atoms with Crippen molar-refractivity contribution in [3.05, 3.63) is 33.8 Å². The van der Waals surface area contributed by atoms with Crippen LogP contribution in [0.25, 0.3) is 0 Å². The highest BCUT2D eigenvalue weighted by Crippen LogP contribution is 2.23. The van der Waals surface area contributed by atoms with Crippen molar-refractivity contribution in [3.63, 3.8) is 0 Å². The zero-order valence-corrected chi connectivity index (χ0v) is 13.4. The van der Waals surface area contributed by atoms with Crippen LogP contribution >= 0.6 is 35.6 Å². The molecule has 108 valence electrons. The maximum atomic E-state index is 11.9. The topological polar surface area (TPSA) is 32.3 Å². The van der Waals surface area contributed by atoms with Gasteiger partial charge in [-0.15, -0.1) is 12.4 Å². The van der Waals surface area contributed by atoms with Crippen LogP contribution in [0.4, 0.5) is 0 Å². The molecule has 0 atom stereocenters. The Morgan fingerprint density at radius 2 is 2.00 bits per heavy atom. The van der Waals surface area contributed by atoms with Crippen molar-refractivity contribution >= 4 is 41.5 Å². The smallest absolute Gasteiger partial charge is 0.224 e. The minimum absolute atomic E-state index is 0. The van der Waals surface area contributed by atoms with Gasteiger partial charge in [0.15, 0.2) is 0 Å². The van der Waals surface area contributed by atoms with Crippen molar-refractivity contribution in [2.24, 2.45) is 0 Å². The van der Waals surface area contributed by atoms with E-state index in [4.69, 9.17) is 23.2 Å². The Morgan fingerprint density at radius 1 is 1.32 bits per heavy atom. The summed E-state index contributed by atoms with van der Waals surface area (Å²) < 4.78 is 0. The molecule has 0 bridgehead atoms. The molecule has 0 aromatic heterocycles. The van der Waals surface area contributed by atoms with Crippen LogP contribution in [0.5, 0.6) is 0 Å². The normalized spacial score (nSPS) is 9.89. The monoisotopic (exact) mass is 324 g/mol. The zero-order valence-electron chi connectivity index (χ0n) is 11.1. The molecule has 0 radical (unpaired) electrons. The number of carbonyl (C=O) groups is 1. The van der Waals surface area contributed by atoms with Crippen LogP contribution in [0, 0.1) is 0 Å². The van der Waals surface area contributed by atoms with Crippen molar-refractivity contribution in [1.82, 2.24) is 10.2 Å². The lowest BCUT2D eigenvalue weighted by Gasteiger charge is -2.21. The first-order valence-corrected chi connectivity index (χ1v) is 6.70. The van der Waals surface area contributed by atoms with E-state index in [-0.39, 0.29) is 18.3 Å². The van der Waals surface area contributed by atoms with Crippen molar-refractivity contribution in [2.75, 3.05) is 20.1 Å². The average Bonchev–Trinajstić information content (AvgIpc) is 2.37. The average molecular weight is 326 g/mol. The van der Waals surface area contributed by atoms with Crippen LogP contribution in [-0.4, -0.2) is 30.9 Å². The standard InChI is InChI=1S/C13H18Cl2N2O.ClH/c1-3-17(13(18)6-7-16-2)9-10-4-5-11(14)12(15)8-10;/h4-5,8,16H,3,6-7,9H2,1-2H3;1H. The van der Waals surface area contributed by atoms with Crippen LogP contribution in [0.15, 0.2) is 18.2 Å². The minimum Gasteiger partial charge on any atom is -0.339 e. The summed E-state index contributed by atoms with van der Waals surface area (Å²) in [4.78, 5) is 13.7. The summed E-state index contributed by atoms with van der Waals surface area (Å²) in [5, 5.41) is 4.03. The van der Waals surface area contributed by atoms with Crippen LogP contribution in [0.3, 0.4) is 0 Å². The molecule has 19 heavy (non-hydrogen) atoms. The summed E-state index contributed by atoms with van der Waals surface area (Å²) in [6, 6.07) is 5.45. The van der Waals surface area contributed by atoms with Crippen LogP contribution < -0.4 is 5.32 Å². The van der Waals surface area contributed by atoms with E-state index in [1.54, 1.807) is 17.0 Å². The predicted molar refractivity (Wildman–Crippen MR) is 83.3 cm³/mol. The Kier molecular flexibility index (Phi) is 9.19. The largest absolute Gasteiger partial charge is 0.339 e. The molecule has 0 fully saturated rings. The molecule has 1 aromatic rings. The van der Waals surface area contributed by atoms with Gasteiger partial charge in [-0.05, 0) is 31.7 Å². The van der Waals surface area contributed by atoms with Gasteiger partial charge in [0.2, 0.25) is 5.91 Å². The maximum absolute atomic E-state index is 11.9. The molecule has 3 nitrogen and oxygen atoms in total. The van der Waals surface area contributed by atoms with Gasteiger partial charge in [-0.2, -0.15) is 0 Å². The second-order valence-electron chi connectivity index (χ2n) is 4.01. The second-order valence-corrected chi connectivity index (χ2v) is 4.82. The number of amides is 1. The van der Waals surface area contributed by atoms with Crippen molar-refractivity contribution in [3.8, 4) is 0 Å². The van der Waals surface area contributed by atoms with E-state index in [1.165, 1.54) is 0 Å². The molecule has 1 aromatic carbocycles. The van der Waals surface area contributed by atoms with Crippen molar-refractivity contribution < 1.29 is 4.79 Å². The van der Waals surface area contributed by atoms with E-state index in [1.807, 2.05) is 20.0 Å². The third-order valence-corrected chi connectivity index (χ3v) is 3.42. The second kappa shape index (κ2) is 9.43. The Hall–Kier alpha value is -0.480. The van der Waals surface area contributed by atoms with Crippen molar-refractivity contribution in [1.29, 1.82) is 0 Å². The summed E-state index contributed by atoms with van der Waals surface area (Å²) in [6.07, 6.45) is 0.506. The van der Waals surface area contributed by atoms with Crippen LogP contribution in [0.1, 0.15) is 18.9 Å². The molecule has 0 saturated carbocycles. The van der Waals surface area contributed by atoms with Gasteiger partial charge in [-0.3, -0.25) is 4.79 Å². The van der Waals surface area contributed by atoms with E-state index in [0.717, 1.165) is 5.56 Å². The lowest BCUT2D eigenvalue weighted by molar-refractivity contribution is -0.131. The number of carbonyl (C=O) groups excluding carboxylic acids is 1. The fraction of sp³-hybridized carbons (Fsp3) is 0.462. The molecule has 0 heterocycles. The van der Waals surface area contributed by atoms with Crippen LogP contribution in [-0.2, 0) is 11.3 Å². The first-order chi connectivity index (χ1) is 8.58. The Balaban J connectivity index is 0.00000324. The first-order valence-electron chi connectivity index (χ1n) is 5.94. The molecule has 1 amide bonds. The first kappa shape index (κ1) is 18.5. The summed E-state index contributed by atoms with van der Waals surface area (Å²) in [7, 11) is 1.84. The Bertz CT molecular complexity index is 413. The zero-order chi connectivity index (χ0) is 13.5. The maximum Gasteiger partial charge on any atom is 0.224 e. The number of nitrogens with zero attached hydrogens (tertiary/aromatic N) is 1. The highest BCUT2D eigenvalue weighted by atomic mass is 35.5. The van der Waals surface area contributed by atoms with Gasteiger partial charge < -0.3 is 10.2 Å². The van der Waals surface area contributed by atoms with Gasteiger partial charge in [0.1, 0.15) is 0 Å². The van der Waals surface area contributed by atoms with Crippen LogP contribution in [0.2, 0.25) is 10.0 Å². The van der Waals surface area contributed by atoms with Gasteiger partial charge in [-0.1, -0.05) is 29.3 Å². The molecule has 0 aliphatic heterocycles. The predicted octanol–water partition coefficient (Wildman–Crippen LogP) is 3.37. The van der Waals surface area contributed by atoms with Gasteiger partial charge >= 0.3 is 0 Å². The number of rotatable bonds is 6. The number of nitrogens with one attached hydrogen (secondary N) is 1. The van der Waals surface area contributed by atoms with E-state index >= 15 is 0 Å². The Labute approximate surface area is 130 Å². The van der Waals surface area contributed by atoms with E-state index < -0.39 is 0 Å². The number of hydrogen-bond acceptors (Lipinski definition) is 2. The number of benzene rings is 1. The molecule has 0 unspecified atom stereocenters. The third kappa shape index (κ3) is 6.00. The molecule has 0 saturated heterocycles. The SMILES string of the molecule is CCN(Cc1ccc(Cl)c(Cl)c1)C(=O)CCNC.Cl. The number of hydrogen-bond donors (Lipinski definition) is 1. The molecule has 0 aliphatic rings. The molecule has 0 aliphatic carbocycles. The van der Waals surface area contributed by atoms with E-state index in [2.05, 4.69) is 5.32 Å². The molecule has 1 N–H and O–H groups in total. The summed E-state index contributed by atoms with van der Waals surface area (Å²) in [5.41, 5.74) is 0.990. The van der Waals surface area contributed by atoms with Gasteiger partial charge in [0, 0.05) is 26.1 Å². The van der Waals surface area contributed by atoms with Gasteiger partial charge in [0.25, 0.3) is 0 Å². The molecular formula is C13H19Cl3N2O. The molecule has 1 rings (SSSR count). The van der Waals surface area contributed by atoms with Gasteiger partial charge in [-0.25, -0.2) is 0 Å². The highest BCUT2D eigenvalue weighted by Gasteiger charge is 2.12. The lowest BCUT2D eigenvalue weighted by atomic mass is 10.2. The third-order valence-electron chi connectivity index (χ3n) is 2.68. The highest BCUT2D eigenvalue weighted by molar-refractivity contribution is 6.42. The van der Waals surface area contributed by atoms with Gasteiger partial charge in [0.05, 0.1) is 10.0 Å². The summed E-state index contributed by atoms with van der Waals surface area (Å²) in [5.74, 6) is 0.137. The quantitative estimate of drug-likeness (QED) is 0.869. The van der Waals surface area contributed by atoms with E-state index in [9.17, 15) is 4.79 Å². The molecular weight excluding hydrogens is 307 g/mol. The van der Waals surface area contributed by atoms with E-state index in [0.29, 0.717) is 36.1 Å².